The molecule has 0 bridgehead atoms. The summed E-state index contributed by atoms with van der Waals surface area (Å²) >= 11 is 0. The topological polar surface area (TPSA) is 160 Å². The maximum absolute atomic E-state index is 13.1. The number of ether oxygens (including phenoxy) is 1. The lowest BCUT2D eigenvalue weighted by atomic mass is 9.98. The highest BCUT2D eigenvalue weighted by Crippen LogP contribution is 2.44. The van der Waals surface area contributed by atoms with Crippen LogP contribution in [-0.2, 0) is 25.5 Å². The lowest BCUT2D eigenvalue weighted by Gasteiger charge is -2.24. The average Bonchev–Trinajstić information content (AvgIpc) is 3.36. The summed E-state index contributed by atoms with van der Waals surface area (Å²) in [4.78, 5) is 50.3. The Morgan fingerprint density at radius 3 is 2.00 bits per heavy atom. The van der Waals surface area contributed by atoms with E-state index in [1.165, 1.54) is 0 Å². The van der Waals surface area contributed by atoms with Gasteiger partial charge >= 0.3 is 12.1 Å². The number of unbranched alkanes of at least 4 members (excludes halogenated alkanes) is 1. The molecule has 46 heavy (non-hydrogen) atoms. The van der Waals surface area contributed by atoms with Crippen LogP contribution in [0.4, 0.5) is 4.79 Å². The molecule has 3 amide bonds. The Hall–Kier alpha value is -4.70. The van der Waals surface area contributed by atoms with E-state index in [4.69, 9.17) is 10.5 Å². The molecule has 3 aromatic rings. The summed E-state index contributed by atoms with van der Waals surface area (Å²) in [6, 6.07) is 22.5. The maximum Gasteiger partial charge on any atom is 0.407 e. The van der Waals surface area contributed by atoms with Crippen LogP contribution >= 0.6 is 0 Å². The summed E-state index contributed by atoms with van der Waals surface area (Å²) in [6.45, 7) is 4.33. The van der Waals surface area contributed by atoms with Gasteiger partial charge in [0.25, 0.3) is 0 Å². The molecule has 0 aliphatic heterocycles. The molecule has 0 heterocycles. The largest absolute Gasteiger partial charge is 0.480 e. The molecule has 0 unspecified atom stereocenters. The summed E-state index contributed by atoms with van der Waals surface area (Å²) < 4.78 is 5.57. The van der Waals surface area contributed by atoms with Crippen molar-refractivity contribution in [2.45, 2.75) is 70.0 Å². The van der Waals surface area contributed by atoms with Gasteiger partial charge in [-0.1, -0.05) is 92.7 Å². The molecule has 3 atom stereocenters. The molecule has 0 saturated heterocycles. The summed E-state index contributed by atoms with van der Waals surface area (Å²) in [7, 11) is 0. The zero-order chi connectivity index (χ0) is 33.1. The Morgan fingerprint density at radius 1 is 0.804 bits per heavy atom. The molecule has 3 aromatic carbocycles. The molecule has 6 N–H and O–H groups in total. The number of benzene rings is 3. The zero-order valence-electron chi connectivity index (χ0n) is 26.4. The fourth-order valence-electron chi connectivity index (χ4n) is 5.76. The number of hydrogen-bond acceptors (Lipinski definition) is 6. The Bertz CT molecular complexity index is 1450. The molecule has 0 fully saturated rings. The van der Waals surface area contributed by atoms with E-state index in [1.807, 2.05) is 68.4 Å². The number of carbonyl (C=O) groups is 4. The molecule has 0 spiro atoms. The number of carboxylic acid groups (broad SMARTS) is 1. The molecular weight excluding hydrogens is 584 g/mol. The quantitative estimate of drug-likeness (QED) is 0.147. The third-order valence-corrected chi connectivity index (χ3v) is 8.13. The lowest BCUT2D eigenvalue weighted by Crippen LogP contribution is -2.55. The SMILES string of the molecule is CC(C)C[C@H](NC(=O)[C@H](Cc1ccccc1)NC(=O)[C@@H](N)CCCCNC(=O)OCC1c2ccccc2-c2ccccc21)C(=O)O. The molecule has 0 saturated carbocycles. The van der Waals surface area contributed by atoms with E-state index in [9.17, 15) is 24.3 Å². The first kappa shape index (κ1) is 34.2. The predicted molar refractivity (Wildman–Crippen MR) is 176 cm³/mol. The van der Waals surface area contributed by atoms with E-state index in [1.54, 1.807) is 0 Å². The van der Waals surface area contributed by atoms with Gasteiger partial charge in [-0.15, -0.1) is 0 Å². The Morgan fingerprint density at radius 2 is 1.39 bits per heavy atom. The predicted octanol–water partition coefficient (Wildman–Crippen LogP) is 4.37. The Balaban J connectivity index is 1.21. The standard InChI is InChI=1S/C36H44N4O6/c1-23(2)20-32(35(43)44)40-34(42)31(21-24-12-4-3-5-13-24)39-33(41)30(37)18-10-11-19-38-36(45)46-22-29-27-16-8-6-14-25(27)26-15-7-9-17-28(26)29/h3-9,12-17,23,29-32H,10-11,18-22,37H2,1-2H3,(H,38,45)(H,39,41)(H,40,42)(H,43,44)/t30-,31-,32-/m0/s1. The van der Waals surface area contributed by atoms with Crippen LogP contribution in [0.2, 0.25) is 0 Å². The smallest absolute Gasteiger partial charge is 0.407 e. The fraction of sp³-hybridized carbons (Fsp3) is 0.389. The van der Waals surface area contributed by atoms with Crippen LogP contribution in [-0.4, -0.2) is 60.3 Å². The zero-order valence-corrected chi connectivity index (χ0v) is 26.4. The molecule has 244 valence electrons. The molecule has 1 aliphatic rings. The third kappa shape index (κ3) is 9.40. The van der Waals surface area contributed by atoms with Crippen LogP contribution in [0.5, 0.6) is 0 Å². The number of nitrogens with one attached hydrogen (secondary N) is 3. The molecule has 10 nitrogen and oxygen atoms in total. The van der Waals surface area contributed by atoms with E-state index in [0.29, 0.717) is 25.8 Å². The van der Waals surface area contributed by atoms with Gasteiger partial charge in [-0.25, -0.2) is 9.59 Å². The number of fused-ring (bicyclic) bond motifs is 3. The number of amides is 3. The number of rotatable bonds is 16. The minimum Gasteiger partial charge on any atom is -0.480 e. The van der Waals surface area contributed by atoms with Gasteiger partial charge < -0.3 is 31.5 Å². The van der Waals surface area contributed by atoms with Crippen molar-refractivity contribution in [2.75, 3.05) is 13.2 Å². The van der Waals surface area contributed by atoms with Gasteiger partial charge in [-0.2, -0.15) is 0 Å². The highest BCUT2D eigenvalue weighted by Gasteiger charge is 2.30. The highest BCUT2D eigenvalue weighted by atomic mass is 16.5. The second kappa shape index (κ2) is 16.6. The summed E-state index contributed by atoms with van der Waals surface area (Å²) in [6.07, 6.45) is 1.41. The summed E-state index contributed by atoms with van der Waals surface area (Å²) in [5.74, 6) is -2.18. The van der Waals surface area contributed by atoms with Crippen LogP contribution in [0.1, 0.15) is 62.1 Å². The molecule has 4 rings (SSSR count). The summed E-state index contributed by atoms with van der Waals surface area (Å²) in [5.41, 5.74) is 11.6. The minimum absolute atomic E-state index is 0.0207. The monoisotopic (exact) mass is 628 g/mol. The van der Waals surface area contributed by atoms with Gasteiger partial charge in [0.1, 0.15) is 18.7 Å². The normalized spacial score (nSPS) is 14.0. The Kier molecular flexibility index (Phi) is 12.3. The van der Waals surface area contributed by atoms with Crippen molar-refractivity contribution >= 4 is 23.9 Å². The van der Waals surface area contributed by atoms with Gasteiger partial charge in [0.15, 0.2) is 0 Å². The van der Waals surface area contributed by atoms with Crippen LogP contribution in [0.25, 0.3) is 11.1 Å². The van der Waals surface area contributed by atoms with Crippen molar-refractivity contribution in [1.82, 2.24) is 16.0 Å². The Labute approximate surface area is 270 Å². The van der Waals surface area contributed by atoms with Crippen LogP contribution < -0.4 is 21.7 Å². The molecular formula is C36H44N4O6. The van der Waals surface area contributed by atoms with Crippen LogP contribution in [0.3, 0.4) is 0 Å². The molecule has 1 aliphatic carbocycles. The molecule has 0 aromatic heterocycles. The number of hydrogen-bond donors (Lipinski definition) is 5. The van der Waals surface area contributed by atoms with Crippen molar-refractivity contribution in [3.63, 3.8) is 0 Å². The van der Waals surface area contributed by atoms with Crippen molar-refractivity contribution in [3.8, 4) is 11.1 Å². The van der Waals surface area contributed by atoms with E-state index >= 15 is 0 Å². The second-order valence-electron chi connectivity index (χ2n) is 12.1. The van der Waals surface area contributed by atoms with Crippen LogP contribution in [0, 0.1) is 5.92 Å². The van der Waals surface area contributed by atoms with Crippen LogP contribution in [0.15, 0.2) is 78.9 Å². The van der Waals surface area contributed by atoms with Crippen molar-refractivity contribution in [1.29, 1.82) is 0 Å². The van der Waals surface area contributed by atoms with E-state index in [2.05, 4.69) is 40.2 Å². The number of nitrogens with two attached hydrogens (primary N) is 1. The number of carbonyl (C=O) groups excluding carboxylic acids is 3. The number of aliphatic carboxylic acids is 1. The first-order chi connectivity index (χ1) is 22.1. The molecule has 0 radical (unpaired) electrons. The van der Waals surface area contributed by atoms with Crippen molar-refractivity contribution in [2.24, 2.45) is 11.7 Å². The van der Waals surface area contributed by atoms with Gasteiger partial charge in [-0.3, -0.25) is 9.59 Å². The van der Waals surface area contributed by atoms with E-state index in [0.717, 1.165) is 27.8 Å². The van der Waals surface area contributed by atoms with E-state index < -0.39 is 42.0 Å². The van der Waals surface area contributed by atoms with Crippen molar-refractivity contribution in [3.05, 3.63) is 95.6 Å². The van der Waals surface area contributed by atoms with Crippen molar-refractivity contribution < 1.29 is 29.0 Å². The number of alkyl carbamates (subject to hydrolysis) is 1. The summed E-state index contributed by atoms with van der Waals surface area (Å²) in [5, 5.41) is 17.6. The highest BCUT2D eigenvalue weighted by molar-refractivity contribution is 5.92. The first-order valence-corrected chi connectivity index (χ1v) is 15.9. The average molecular weight is 629 g/mol. The van der Waals surface area contributed by atoms with Gasteiger partial charge in [0, 0.05) is 18.9 Å². The second-order valence-corrected chi connectivity index (χ2v) is 12.1. The van der Waals surface area contributed by atoms with E-state index in [-0.39, 0.29) is 31.3 Å². The van der Waals surface area contributed by atoms with Gasteiger partial charge in [0.05, 0.1) is 6.04 Å². The lowest BCUT2D eigenvalue weighted by molar-refractivity contribution is -0.142. The first-order valence-electron chi connectivity index (χ1n) is 15.9. The maximum atomic E-state index is 13.1. The van der Waals surface area contributed by atoms with Gasteiger partial charge in [0.2, 0.25) is 11.8 Å². The fourth-order valence-corrected chi connectivity index (χ4v) is 5.76. The number of carboxylic acids is 1. The molecule has 10 heteroatoms. The minimum atomic E-state index is -1.13. The third-order valence-electron chi connectivity index (χ3n) is 8.13. The van der Waals surface area contributed by atoms with Gasteiger partial charge in [-0.05, 0) is 59.4 Å².